The molecule has 144 valence electrons. The highest BCUT2D eigenvalue weighted by Gasteiger charge is 2.10. The van der Waals surface area contributed by atoms with Gasteiger partial charge < -0.3 is 20.3 Å². The molecule has 0 fully saturated rings. The summed E-state index contributed by atoms with van der Waals surface area (Å²) >= 11 is 0. The van der Waals surface area contributed by atoms with Gasteiger partial charge in [-0.1, -0.05) is 0 Å². The second-order valence-electron chi connectivity index (χ2n) is 6.27. The van der Waals surface area contributed by atoms with Crippen LogP contribution in [0.5, 0.6) is 5.75 Å². The Morgan fingerprint density at radius 3 is 2.32 bits per heavy atom. The summed E-state index contributed by atoms with van der Waals surface area (Å²) in [6.07, 6.45) is 1.36. The lowest BCUT2D eigenvalue weighted by Crippen LogP contribution is -2.14. The zero-order valence-electron chi connectivity index (χ0n) is 16.1. The van der Waals surface area contributed by atoms with Crippen LogP contribution in [0.1, 0.15) is 17.4 Å². The number of aromatic nitrogens is 2. The normalized spacial score (nSPS) is 10.2. The van der Waals surface area contributed by atoms with E-state index < -0.39 is 0 Å². The lowest BCUT2D eigenvalue weighted by atomic mass is 10.2. The molecule has 0 radical (unpaired) electrons. The number of amides is 1. The van der Waals surface area contributed by atoms with Crippen molar-refractivity contribution in [3.63, 3.8) is 0 Å². The van der Waals surface area contributed by atoms with Crippen molar-refractivity contribution in [2.24, 2.45) is 0 Å². The average Bonchev–Trinajstić information content (AvgIpc) is 2.70. The highest BCUT2D eigenvalue weighted by Crippen LogP contribution is 2.20. The molecule has 2 aromatic carbocycles. The van der Waals surface area contributed by atoms with Gasteiger partial charge in [0.2, 0.25) is 0 Å². The van der Waals surface area contributed by atoms with Crippen molar-refractivity contribution in [2.45, 2.75) is 6.92 Å². The Morgan fingerprint density at radius 1 is 1.00 bits per heavy atom. The molecule has 0 atom stereocenters. The van der Waals surface area contributed by atoms with E-state index in [0.29, 0.717) is 18.1 Å². The van der Waals surface area contributed by atoms with E-state index in [1.807, 2.05) is 62.3 Å². The number of carbonyl (C=O) groups is 1. The van der Waals surface area contributed by atoms with E-state index in [4.69, 9.17) is 4.74 Å². The zero-order chi connectivity index (χ0) is 19.9. The van der Waals surface area contributed by atoms with E-state index in [9.17, 15) is 4.79 Å². The molecule has 1 amide bonds. The van der Waals surface area contributed by atoms with Gasteiger partial charge in [-0.2, -0.15) is 0 Å². The van der Waals surface area contributed by atoms with Gasteiger partial charge in [-0.15, -0.1) is 0 Å². The first-order chi connectivity index (χ1) is 13.5. The third-order valence-electron chi connectivity index (χ3n) is 3.98. The van der Waals surface area contributed by atoms with Crippen LogP contribution >= 0.6 is 0 Å². The average molecular weight is 377 g/mol. The second-order valence-corrected chi connectivity index (χ2v) is 6.27. The number of anilines is 4. The van der Waals surface area contributed by atoms with Crippen molar-refractivity contribution in [1.29, 1.82) is 0 Å². The molecular formula is C21H23N5O2. The van der Waals surface area contributed by atoms with Crippen molar-refractivity contribution in [2.75, 3.05) is 36.2 Å². The quantitative estimate of drug-likeness (QED) is 0.649. The van der Waals surface area contributed by atoms with E-state index in [2.05, 4.69) is 20.6 Å². The largest absolute Gasteiger partial charge is 0.494 e. The van der Waals surface area contributed by atoms with Crippen LogP contribution in [0.25, 0.3) is 0 Å². The monoisotopic (exact) mass is 377 g/mol. The SMILES string of the molecule is CCOc1ccc(NC(=O)c2cc(Nc3ccc(N(C)C)cc3)ncn2)cc1. The fraction of sp³-hybridized carbons (Fsp3) is 0.190. The van der Waals surface area contributed by atoms with Crippen LogP contribution in [-0.4, -0.2) is 36.6 Å². The maximum Gasteiger partial charge on any atom is 0.274 e. The molecule has 0 saturated carbocycles. The molecule has 28 heavy (non-hydrogen) atoms. The molecule has 7 nitrogen and oxygen atoms in total. The standard InChI is InChI=1S/C21H23N5O2/c1-4-28-18-11-7-16(8-12-18)25-21(27)19-13-20(23-14-22-19)24-15-5-9-17(10-6-15)26(2)3/h5-14H,4H2,1-3H3,(H,25,27)(H,22,23,24). The number of hydrogen-bond donors (Lipinski definition) is 2. The number of hydrogen-bond acceptors (Lipinski definition) is 6. The van der Waals surface area contributed by atoms with Crippen LogP contribution in [0, 0.1) is 0 Å². The molecule has 1 heterocycles. The number of nitrogens with one attached hydrogen (secondary N) is 2. The number of rotatable bonds is 7. The Labute approximate surface area is 164 Å². The van der Waals surface area contributed by atoms with Gasteiger partial charge in [0.15, 0.2) is 0 Å². The van der Waals surface area contributed by atoms with Gasteiger partial charge in [0, 0.05) is 37.2 Å². The summed E-state index contributed by atoms with van der Waals surface area (Å²) in [7, 11) is 3.98. The van der Waals surface area contributed by atoms with Gasteiger partial charge in [-0.3, -0.25) is 4.79 Å². The van der Waals surface area contributed by atoms with E-state index in [-0.39, 0.29) is 11.6 Å². The van der Waals surface area contributed by atoms with Crippen molar-refractivity contribution in [3.8, 4) is 5.75 Å². The smallest absolute Gasteiger partial charge is 0.274 e. The first-order valence-corrected chi connectivity index (χ1v) is 8.96. The summed E-state index contributed by atoms with van der Waals surface area (Å²) in [5.74, 6) is 0.997. The maximum absolute atomic E-state index is 12.5. The fourth-order valence-corrected chi connectivity index (χ4v) is 2.54. The van der Waals surface area contributed by atoms with Crippen molar-refractivity contribution in [3.05, 3.63) is 66.6 Å². The molecular weight excluding hydrogens is 354 g/mol. The van der Waals surface area contributed by atoms with E-state index in [1.54, 1.807) is 18.2 Å². The summed E-state index contributed by atoms with van der Waals surface area (Å²) in [6, 6.07) is 16.7. The van der Waals surface area contributed by atoms with Crippen LogP contribution in [0.2, 0.25) is 0 Å². The minimum Gasteiger partial charge on any atom is -0.494 e. The summed E-state index contributed by atoms with van der Waals surface area (Å²) in [5.41, 5.74) is 2.92. The number of ether oxygens (including phenoxy) is 1. The Balaban J connectivity index is 1.67. The molecule has 7 heteroatoms. The first kappa shape index (κ1) is 19.2. The van der Waals surface area contributed by atoms with Crippen molar-refractivity contribution < 1.29 is 9.53 Å². The molecule has 0 unspecified atom stereocenters. The van der Waals surface area contributed by atoms with Gasteiger partial charge >= 0.3 is 0 Å². The molecule has 2 N–H and O–H groups in total. The molecule has 1 aromatic heterocycles. The minimum absolute atomic E-state index is 0.274. The maximum atomic E-state index is 12.5. The highest BCUT2D eigenvalue weighted by molar-refractivity contribution is 6.03. The number of benzene rings is 2. The zero-order valence-corrected chi connectivity index (χ0v) is 16.1. The van der Waals surface area contributed by atoms with E-state index >= 15 is 0 Å². The van der Waals surface area contributed by atoms with Crippen molar-refractivity contribution in [1.82, 2.24) is 9.97 Å². The molecule has 3 aromatic rings. The van der Waals surface area contributed by atoms with Crippen LogP contribution in [0.4, 0.5) is 22.9 Å². The number of nitrogens with zero attached hydrogens (tertiary/aromatic N) is 3. The summed E-state index contributed by atoms with van der Waals surface area (Å²) in [6.45, 7) is 2.52. The topological polar surface area (TPSA) is 79.4 Å². The molecule has 0 aliphatic rings. The lowest BCUT2D eigenvalue weighted by Gasteiger charge is -2.13. The third kappa shape index (κ3) is 4.97. The van der Waals surface area contributed by atoms with Gasteiger partial charge in [-0.05, 0) is 55.5 Å². The molecule has 0 aliphatic carbocycles. The minimum atomic E-state index is -0.308. The molecule has 0 spiro atoms. The Hall–Kier alpha value is -3.61. The van der Waals surface area contributed by atoms with E-state index in [0.717, 1.165) is 17.1 Å². The predicted molar refractivity (Wildman–Crippen MR) is 112 cm³/mol. The summed E-state index contributed by atoms with van der Waals surface area (Å²) < 4.78 is 5.40. The van der Waals surface area contributed by atoms with Crippen molar-refractivity contribution >= 4 is 28.8 Å². The van der Waals surface area contributed by atoms with Gasteiger partial charge in [0.25, 0.3) is 5.91 Å². The molecule has 0 saturated heterocycles. The summed E-state index contributed by atoms with van der Waals surface area (Å²) in [4.78, 5) is 22.8. The number of carbonyl (C=O) groups excluding carboxylic acids is 1. The second kappa shape index (κ2) is 8.85. The fourth-order valence-electron chi connectivity index (χ4n) is 2.54. The van der Waals surface area contributed by atoms with Gasteiger partial charge in [0.05, 0.1) is 6.61 Å². The van der Waals surface area contributed by atoms with E-state index in [1.165, 1.54) is 6.33 Å². The molecule has 3 rings (SSSR count). The Bertz CT molecular complexity index is 924. The Morgan fingerprint density at radius 2 is 1.68 bits per heavy atom. The van der Waals surface area contributed by atoms with Crippen LogP contribution < -0.4 is 20.3 Å². The van der Waals surface area contributed by atoms with Gasteiger partial charge in [0.1, 0.15) is 23.6 Å². The molecule has 0 bridgehead atoms. The van der Waals surface area contributed by atoms with Crippen LogP contribution in [0.15, 0.2) is 60.9 Å². The predicted octanol–water partition coefficient (Wildman–Crippen LogP) is 3.94. The lowest BCUT2D eigenvalue weighted by molar-refractivity contribution is 0.102. The summed E-state index contributed by atoms with van der Waals surface area (Å²) in [5, 5.41) is 6.01. The highest BCUT2D eigenvalue weighted by atomic mass is 16.5. The van der Waals surface area contributed by atoms with Gasteiger partial charge in [-0.25, -0.2) is 9.97 Å². The first-order valence-electron chi connectivity index (χ1n) is 8.96. The third-order valence-corrected chi connectivity index (χ3v) is 3.98. The Kier molecular flexibility index (Phi) is 6.06. The van der Waals surface area contributed by atoms with Crippen LogP contribution in [0.3, 0.4) is 0 Å². The van der Waals surface area contributed by atoms with Crippen LogP contribution in [-0.2, 0) is 0 Å². The molecule has 0 aliphatic heterocycles.